The molecule has 20 heavy (non-hydrogen) atoms. The second-order valence-electron chi connectivity index (χ2n) is 7.45. The van der Waals surface area contributed by atoms with Gasteiger partial charge in [0.25, 0.3) is 0 Å². The number of nitrogens with one attached hydrogen (secondary N) is 1. The molecule has 1 saturated heterocycles. The fourth-order valence-corrected chi connectivity index (χ4v) is 3.76. The van der Waals surface area contributed by atoms with E-state index in [2.05, 4.69) is 62.1 Å². The molecule has 0 amide bonds. The smallest absolute Gasteiger partial charge is 0.107 e. The minimum atomic E-state index is 0.293. The minimum Gasteiger partial charge on any atom is -0.311 e. The third-order valence-corrected chi connectivity index (χ3v) is 5.21. The monoisotopic (exact) mass is 295 g/mol. The van der Waals surface area contributed by atoms with Crippen LogP contribution in [0.15, 0.2) is 5.38 Å². The third-order valence-electron chi connectivity index (χ3n) is 4.25. The maximum Gasteiger partial charge on any atom is 0.107 e. The maximum absolute atomic E-state index is 4.65. The molecule has 1 aliphatic rings. The van der Waals surface area contributed by atoms with Crippen LogP contribution in [0.5, 0.6) is 0 Å². The van der Waals surface area contributed by atoms with Gasteiger partial charge in [-0.3, -0.25) is 4.90 Å². The maximum atomic E-state index is 4.65. The quantitative estimate of drug-likeness (QED) is 0.927. The van der Waals surface area contributed by atoms with Crippen LogP contribution in [0.25, 0.3) is 0 Å². The molecular weight excluding hydrogens is 266 g/mol. The number of nitrogens with zero attached hydrogens (tertiary/aromatic N) is 2. The molecule has 114 valence electrons. The SMILES string of the molecule is Cc1csc(CN2CC(C(C)C)NCC2C(C)(C)C)n1. The van der Waals surface area contributed by atoms with Crippen LogP contribution in [0, 0.1) is 18.3 Å². The molecule has 0 bridgehead atoms. The van der Waals surface area contributed by atoms with Crippen LogP contribution in [0.2, 0.25) is 0 Å². The van der Waals surface area contributed by atoms with Crippen molar-refractivity contribution in [3.05, 3.63) is 16.1 Å². The number of thiazole rings is 1. The molecule has 0 saturated carbocycles. The van der Waals surface area contributed by atoms with Crippen LogP contribution in [0.4, 0.5) is 0 Å². The Kier molecular flexibility index (Phi) is 4.88. The predicted octanol–water partition coefficient (Wildman–Crippen LogP) is 3.30. The zero-order valence-corrected chi connectivity index (χ0v) is 14.5. The molecular formula is C16H29N3S. The summed E-state index contributed by atoms with van der Waals surface area (Å²) in [4.78, 5) is 7.29. The number of aromatic nitrogens is 1. The average Bonchev–Trinajstić information content (AvgIpc) is 2.73. The summed E-state index contributed by atoms with van der Waals surface area (Å²) < 4.78 is 0. The Balaban J connectivity index is 2.13. The Morgan fingerprint density at radius 2 is 2.15 bits per heavy atom. The lowest BCUT2D eigenvalue weighted by Crippen LogP contribution is -2.61. The lowest BCUT2D eigenvalue weighted by molar-refractivity contribution is 0.0399. The molecule has 1 aromatic heterocycles. The van der Waals surface area contributed by atoms with Gasteiger partial charge in [-0.05, 0) is 18.3 Å². The second kappa shape index (κ2) is 6.12. The van der Waals surface area contributed by atoms with Gasteiger partial charge in [-0.1, -0.05) is 34.6 Å². The normalized spacial score (nSPS) is 25.4. The second-order valence-corrected chi connectivity index (χ2v) is 8.40. The number of hydrogen-bond donors (Lipinski definition) is 1. The minimum absolute atomic E-state index is 0.293. The molecule has 0 aliphatic carbocycles. The largest absolute Gasteiger partial charge is 0.311 e. The van der Waals surface area contributed by atoms with Gasteiger partial charge < -0.3 is 5.32 Å². The van der Waals surface area contributed by atoms with Gasteiger partial charge in [-0.2, -0.15) is 0 Å². The van der Waals surface area contributed by atoms with E-state index in [4.69, 9.17) is 0 Å². The standard InChI is InChI=1S/C16H29N3S/c1-11(2)13-8-19(9-15-18-12(3)10-20-15)14(7-17-13)16(4,5)6/h10-11,13-14,17H,7-9H2,1-6H3. The first kappa shape index (κ1) is 15.9. The lowest BCUT2D eigenvalue weighted by Gasteiger charge is -2.47. The molecule has 0 aromatic carbocycles. The van der Waals surface area contributed by atoms with Gasteiger partial charge in [0.05, 0.1) is 6.54 Å². The molecule has 1 aromatic rings. The van der Waals surface area contributed by atoms with E-state index in [1.165, 1.54) is 5.01 Å². The van der Waals surface area contributed by atoms with E-state index in [0.29, 0.717) is 23.4 Å². The Labute approximate surface area is 127 Å². The molecule has 2 rings (SSSR count). The molecule has 4 heteroatoms. The molecule has 2 atom stereocenters. The summed E-state index contributed by atoms with van der Waals surface area (Å²) in [6.07, 6.45) is 0. The average molecular weight is 295 g/mol. The van der Waals surface area contributed by atoms with Crippen LogP contribution < -0.4 is 5.32 Å². The Morgan fingerprint density at radius 1 is 1.45 bits per heavy atom. The number of piperazine rings is 1. The number of rotatable bonds is 3. The van der Waals surface area contributed by atoms with Crippen LogP contribution >= 0.6 is 11.3 Å². The Hall–Kier alpha value is -0.450. The van der Waals surface area contributed by atoms with E-state index < -0.39 is 0 Å². The highest BCUT2D eigenvalue weighted by Gasteiger charge is 2.36. The zero-order chi connectivity index (χ0) is 14.9. The Bertz CT molecular complexity index is 433. The summed E-state index contributed by atoms with van der Waals surface area (Å²) in [5, 5.41) is 7.14. The van der Waals surface area contributed by atoms with Crippen molar-refractivity contribution in [1.29, 1.82) is 0 Å². The highest BCUT2D eigenvalue weighted by Crippen LogP contribution is 2.29. The van der Waals surface area contributed by atoms with Crippen LogP contribution in [-0.4, -0.2) is 35.1 Å². The van der Waals surface area contributed by atoms with Crippen molar-refractivity contribution in [3.8, 4) is 0 Å². The van der Waals surface area contributed by atoms with Gasteiger partial charge in [0.15, 0.2) is 0 Å². The van der Waals surface area contributed by atoms with Gasteiger partial charge in [-0.25, -0.2) is 4.98 Å². The van der Waals surface area contributed by atoms with E-state index in [9.17, 15) is 0 Å². The number of hydrogen-bond acceptors (Lipinski definition) is 4. The fourth-order valence-electron chi connectivity index (χ4n) is 2.96. The van der Waals surface area contributed by atoms with Gasteiger partial charge in [0.2, 0.25) is 0 Å². The van der Waals surface area contributed by atoms with Crippen molar-refractivity contribution in [1.82, 2.24) is 15.2 Å². The van der Waals surface area contributed by atoms with E-state index >= 15 is 0 Å². The fraction of sp³-hybridized carbons (Fsp3) is 0.812. The zero-order valence-electron chi connectivity index (χ0n) is 13.7. The first-order valence-corrected chi connectivity index (χ1v) is 8.54. The van der Waals surface area contributed by atoms with E-state index in [0.717, 1.165) is 25.3 Å². The van der Waals surface area contributed by atoms with Crippen LogP contribution in [-0.2, 0) is 6.54 Å². The summed E-state index contributed by atoms with van der Waals surface area (Å²) in [5.74, 6) is 0.677. The molecule has 0 radical (unpaired) electrons. The summed E-state index contributed by atoms with van der Waals surface area (Å²) in [6, 6.07) is 1.16. The molecule has 3 nitrogen and oxygen atoms in total. The molecule has 2 heterocycles. The van der Waals surface area contributed by atoms with Crippen molar-refractivity contribution in [2.45, 2.75) is 60.2 Å². The summed E-state index contributed by atoms with van der Waals surface area (Å²) >= 11 is 1.79. The molecule has 1 aliphatic heterocycles. The first-order chi connectivity index (χ1) is 9.27. The third kappa shape index (κ3) is 3.80. The van der Waals surface area contributed by atoms with Crippen molar-refractivity contribution >= 4 is 11.3 Å². The first-order valence-electron chi connectivity index (χ1n) is 7.66. The highest BCUT2D eigenvalue weighted by molar-refractivity contribution is 7.09. The summed E-state index contributed by atoms with van der Waals surface area (Å²) in [5.41, 5.74) is 1.44. The summed E-state index contributed by atoms with van der Waals surface area (Å²) in [7, 11) is 0. The highest BCUT2D eigenvalue weighted by atomic mass is 32.1. The van der Waals surface area contributed by atoms with Crippen molar-refractivity contribution in [2.75, 3.05) is 13.1 Å². The van der Waals surface area contributed by atoms with Gasteiger partial charge in [-0.15, -0.1) is 11.3 Å². The molecule has 1 N–H and O–H groups in total. The summed E-state index contributed by atoms with van der Waals surface area (Å²) in [6.45, 7) is 16.9. The van der Waals surface area contributed by atoms with Crippen molar-refractivity contribution < 1.29 is 0 Å². The van der Waals surface area contributed by atoms with Crippen LogP contribution in [0.1, 0.15) is 45.3 Å². The topological polar surface area (TPSA) is 28.2 Å². The molecule has 1 fully saturated rings. The van der Waals surface area contributed by atoms with Gasteiger partial charge in [0, 0.05) is 36.2 Å². The van der Waals surface area contributed by atoms with Crippen molar-refractivity contribution in [2.24, 2.45) is 11.3 Å². The predicted molar refractivity (Wildman–Crippen MR) is 87.1 cm³/mol. The number of aryl methyl sites for hydroxylation is 1. The van der Waals surface area contributed by atoms with E-state index in [-0.39, 0.29) is 0 Å². The van der Waals surface area contributed by atoms with Crippen molar-refractivity contribution in [3.63, 3.8) is 0 Å². The lowest BCUT2D eigenvalue weighted by atomic mass is 9.83. The van der Waals surface area contributed by atoms with Gasteiger partial charge >= 0.3 is 0 Å². The van der Waals surface area contributed by atoms with E-state index in [1.54, 1.807) is 11.3 Å². The Morgan fingerprint density at radius 3 is 2.65 bits per heavy atom. The molecule has 0 spiro atoms. The molecule has 2 unspecified atom stereocenters. The van der Waals surface area contributed by atoms with E-state index in [1.807, 2.05) is 0 Å². The van der Waals surface area contributed by atoms with Gasteiger partial charge in [0.1, 0.15) is 5.01 Å². The van der Waals surface area contributed by atoms with Crippen LogP contribution in [0.3, 0.4) is 0 Å².